The standard InChI is InChI=1S/C17H13N5S/c1-2-13-16(22-23-21-13)17-19-14-7-3-6-12(15(14)20-17)9-11-5-4-8-18-10-11/h2-8,10H,1,9H2,(H,19,20). The Kier molecular flexibility index (Phi) is 3.44. The largest absolute Gasteiger partial charge is 0.337 e. The van der Waals surface area contributed by atoms with Gasteiger partial charge in [0.2, 0.25) is 0 Å². The van der Waals surface area contributed by atoms with Crippen LogP contribution in [0.15, 0.2) is 49.3 Å². The van der Waals surface area contributed by atoms with Gasteiger partial charge in [-0.1, -0.05) is 24.8 Å². The molecular weight excluding hydrogens is 306 g/mol. The number of hydrogen-bond acceptors (Lipinski definition) is 5. The number of para-hydroxylation sites is 1. The van der Waals surface area contributed by atoms with Crippen molar-refractivity contribution < 1.29 is 0 Å². The van der Waals surface area contributed by atoms with Gasteiger partial charge >= 0.3 is 0 Å². The van der Waals surface area contributed by atoms with E-state index in [2.05, 4.69) is 37.4 Å². The van der Waals surface area contributed by atoms with Crippen LogP contribution in [0.2, 0.25) is 0 Å². The topological polar surface area (TPSA) is 67.3 Å². The summed E-state index contributed by atoms with van der Waals surface area (Å²) in [5.41, 5.74) is 5.75. The average Bonchev–Trinajstić information content (AvgIpc) is 3.22. The average molecular weight is 319 g/mol. The first kappa shape index (κ1) is 13.8. The zero-order valence-electron chi connectivity index (χ0n) is 12.2. The third-order valence-corrected chi connectivity index (χ3v) is 4.19. The fourth-order valence-electron chi connectivity index (χ4n) is 2.56. The first-order valence-corrected chi connectivity index (χ1v) is 7.90. The molecule has 0 radical (unpaired) electrons. The Balaban J connectivity index is 1.80. The van der Waals surface area contributed by atoms with Crippen molar-refractivity contribution in [2.24, 2.45) is 0 Å². The van der Waals surface area contributed by atoms with E-state index < -0.39 is 0 Å². The van der Waals surface area contributed by atoms with Crippen molar-refractivity contribution in [2.75, 3.05) is 0 Å². The zero-order valence-corrected chi connectivity index (χ0v) is 13.0. The van der Waals surface area contributed by atoms with Crippen LogP contribution < -0.4 is 0 Å². The maximum Gasteiger partial charge on any atom is 0.160 e. The number of rotatable bonds is 4. The number of nitrogens with zero attached hydrogens (tertiary/aromatic N) is 4. The molecule has 6 heteroatoms. The molecule has 0 spiro atoms. The molecule has 0 aliphatic rings. The molecule has 5 nitrogen and oxygen atoms in total. The normalized spacial score (nSPS) is 11.0. The summed E-state index contributed by atoms with van der Waals surface area (Å²) >= 11 is 1.16. The van der Waals surface area contributed by atoms with E-state index in [0.717, 1.165) is 57.5 Å². The smallest absolute Gasteiger partial charge is 0.160 e. The number of H-pyrrole nitrogens is 1. The number of aromatic amines is 1. The summed E-state index contributed by atoms with van der Waals surface area (Å²) < 4.78 is 8.54. The molecule has 112 valence electrons. The van der Waals surface area contributed by atoms with Crippen LogP contribution in [-0.4, -0.2) is 23.7 Å². The van der Waals surface area contributed by atoms with E-state index in [1.54, 1.807) is 12.3 Å². The lowest BCUT2D eigenvalue weighted by molar-refractivity contribution is 1.15. The first-order chi connectivity index (χ1) is 11.3. The molecule has 3 aromatic heterocycles. The van der Waals surface area contributed by atoms with Gasteiger partial charge < -0.3 is 4.98 Å². The summed E-state index contributed by atoms with van der Waals surface area (Å²) in [4.78, 5) is 12.2. The van der Waals surface area contributed by atoms with E-state index in [4.69, 9.17) is 4.98 Å². The van der Waals surface area contributed by atoms with E-state index in [1.807, 2.05) is 24.4 Å². The molecule has 0 aliphatic carbocycles. The van der Waals surface area contributed by atoms with Crippen molar-refractivity contribution in [3.63, 3.8) is 0 Å². The van der Waals surface area contributed by atoms with Gasteiger partial charge in [-0.25, -0.2) is 4.98 Å². The molecule has 0 saturated carbocycles. The molecule has 0 bridgehead atoms. The fraction of sp³-hybridized carbons (Fsp3) is 0.0588. The van der Waals surface area contributed by atoms with Gasteiger partial charge in [-0.2, -0.15) is 8.75 Å². The van der Waals surface area contributed by atoms with E-state index in [-0.39, 0.29) is 0 Å². The summed E-state index contributed by atoms with van der Waals surface area (Å²) in [6.45, 7) is 3.77. The molecule has 1 aromatic carbocycles. The van der Waals surface area contributed by atoms with Crippen molar-refractivity contribution in [1.29, 1.82) is 0 Å². The Morgan fingerprint density at radius 3 is 2.96 bits per heavy atom. The molecule has 4 aromatic rings. The number of benzene rings is 1. The van der Waals surface area contributed by atoms with Crippen molar-refractivity contribution in [3.8, 4) is 11.5 Å². The molecule has 0 amide bonds. The minimum Gasteiger partial charge on any atom is -0.337 e. The van der Waals surface area contributed by atoms with Gasteiger partial charge in [0.25, 0.3) is 0 Å². The van der Waals surface area contributed by atoms with Crippen LogP contribution in [0.25, 0.3) is 28.6 Å². The second kappa shape index (κ2) is 5.73. The Morgan fingerprint density at radius 1 is 1.17 bits per heavy atom. The Labute approximate surface area is 137 Å². The van der Waals surface area contributed by atoms with Crippen molar-refractivity contribution in [3.05, 3.63) is 66.1 Å². The number of nitrogens with one attached hydrogen (secondary N) is 1. The molecule has 0 unspecified atom stereocenters. The lowest BCUT2D eigenvalue weighted by Crippen LogP contribution is -1.90. The van der Waals surface area contributed by atoms with Crippen LogP contribution in [0.5, 0.6) is 0 Å². The van der Waals surface area contributed by atoms with Gasteiger partial charge in [-0.3, -0.25) is 4.98 Å². The molecule has 23 heavy (non-hydrogen) atoms. The molecule has 0 atom stereocenters. The lowest BCUT2D eigenvalue weighted by Gasteiger charge is -2.01. The highest BCUT2D eigenvalue weighted by molar-refractivity contribution is 6.99. The zero-order chi connectivity index (χ0) is 15.6. The molecule has 0 fully saturated rings. The number of pyridine rings is 1. The first-order valence-electron chi connectivity index (χ1n) is 7.17. The number of fused-ring (bicyclic) bond motifs is 1. The minimum atomic E-state index is 0.724. The Bertz CT molecular complexity index is 971. The Hall–Kier alpha value is -2.86. The fourth-order valence-corrected chi connectivity index (χ4v) is 3.11. The number of aromatic nitrogens is 5. The van der Waals surface area contributed by atoms with E-state index in [1.165, 1.54) is 0 Å². The molecule has 1 N–H and O–H groups in total. The monoisotopic (exact) mass is 319 g/mol. The van der Waals surface area contributed by atoms with Crippen LogP contribution in [0.1, 0.15) is 16.8 Å². The summed E-state index contributed by atoms with van der Waals surface area (Å²) in [7, 11) is 0. The van der Waals surface area contributed by atoms with Crippen LogP contribution in [-0.2, 0) is 6.42 Å². The lowest BCUT2D eigenvalue weighted by atomic mass is 10.1. The second-order valence-corrected chi connectivity index (χ2v) is 5.67. The van der Waals surface area contributed by atoms with E-state index >= 15 is 0 Å². The van der Waals surface area contributed by atoms with Gasteiger partial charge in [0.15, 0.2) is 5.82 Å². The highest BCUT2D eigenvalue weighted by atomic mass is 32.1. The third-order valence-electron chi connectivity index (χ3n) is 3.65. The molecule has 4 rings (SSSR count). The third kappa shape index (κ3) is 2.53. The maximum atomic E-state index is 4.74. The van der Waals surface area contributed by atoms with Gasteiger partial charge in [0, 0.05) is 18.8 Å². The summed E-state index contributed by atoms with van der Waals surface area (Å²) in [6, 6.07) is 10.2. The SMILES string of the molecule is C=Cc1nsnc1-c1nc2c(Cc3cccnc3)cccc2[nH]1. The summed E-state index contributed by atoms with van der Waals surface area (Å²) in [6.07, 6.45) is 6.15. The van der Waals surface area contributed by atoms with Gasteiger partial charge in [0.05, 0.1) is 22.8 Å². The molecular formula is C17H13N5S. The molecule has 3 heterocycles. The van der Waals surface area contributed by atoms with Gasteiger partial charge in [-0.15, -0.1) is 0 Å². The summed E-state index contributed by atoms with van der Waals surface area (Å²) in [5, 5.41) is 0. The van der Waals surface area contributed by atoms with Gasteiger partial charge in [0.1, 0.15) is 11.4 Å². The predicted molar refractivity (Wildman–Crippen MR) is 92.1 cm³/mol. The molecule has 0 saturated heterocycles. The van der Waals surface area contributed by atoms with Crippen molar-refractivity contribution in [2.45, 2.75) is 6.42 Å². The highest BCUT2D eigenvalue weighted by Gasteiger charge is 2.14. The van der Waals surface area contributed by atoms with Gasteiger partial charge in [-0.05, 0) is 29.3 Å². The minimum absolute atomic E-state index is 0.724. The predicted octanol–water partition coefficient (Wildman–Crippen LogP) is 3.71. The van der Waals surface area contributed by atoms with E-state index in [0.29, 0.717) is 0 Å². The van der Waals surface area contributed by atoms with Crippen LogP contribution in [0.3, 0.4) is 0 Å². The maximum absolute atomic E-state index is 4.74. The van der Waals surface area contributed by atoms with Crippen molar-refractivity contribution >= 4 is 28.8 Å². The summed E-state index contributed by atoms with van der Waals surface area (Å²) in [5.74, 6) is 0.724. The molecule has 0 aliphatic heterocycles. The second-order valence-electron chi connectivity index (χ2n) is 5.14. The number of hydrogen-bond donors (Lipinski definition) is 1. The van der Waals surface area contributed by atoms with Crippen LogP contribution >= 0.6 is 11.7 Å². The highest BCUT2D eigenvalue weighted by Crippen LogP contribution is 2.25. The van der Waals surface area contributed by atoms with E-state index in [9.17, 15) is 0 Å². The van der Waals surface area contributed by atoms with Crippen molar-refractivity contribution in [1.82, 2.24) is 23.7 Å². The Morgan fingerprint density at radius 2 is 2.13 bits per heavy atom. The van der Waals surface area contributed by atoms with Crippen LogP contribution in [0, 0.1) is 0 Å². The number of imidazole rings is 1. The van der Waals surface area contributed by atoms with Crippen LogP contribution in [0.4, 0.5) is 0 Å². The quantitative estimate of drug-likeness (QED) is 0.622.